The van der Waals surface area contributed by atoms with Gasteiger partial charge in [0.1, 0.15) is 17.5 Å². The number of amides is 3. The summed E-state index contributed by atoms with van der Waals surface area (Å²) in [5.41, 5.74) is 1.33. The van der Waals surface area contributed by atoms with Crippen LogP contribution in [-0.4, -0.2) is 70.7 Å². The smallest absolute Gasteiger partial charge is 0.321 e. The highest BCUT2D eigenvalue weighted by atomic mass is 19.1. The van der Waals surface area contributed by atoms with E-state index in [0.29, 0.717) is 17.8 Å². The molecule has 2 N–H and O–H groups in total. The largest absolute Gasteiger partial charge is 0.472 e. The van der Waals surface area contributed by atoms with Crippen LogP contribution in [-0.2, 0) is 0 Å². The standard InChI is InChI=1S/C27H33FN4O4/c1-17(2)6-7-20-12-23-25(29-13-20)36-24(18(3)14-32(26(23)34)19(4)16-33)15-31(5)27(35)30-22-10-8-21(28)9-11-22/h8-13,17-19,24,33H,14-16H2,1-5H3,(H,30,35)/t18-,19-,24-/m1/s1. The van der Waals surface area contributed by atoms with Gasteiger partial charge in [-0.25, -0.2) is 14.2 Å². The van der Waals surface area contributed by atoms with Crippen molar-refractivity contribution >= 4 is 17.6 Å². The molecule has 0 spiro atoms. The number of aliphatic hydroxyl groups excluding tert-OH is 1. The third-order valence-corrected chi connectivity index (χ3v) is 5.92. The molecule has 3 rings (SSSR count). The zero-order valence-electron chi connectivity index (χ0n) is 21.3. The number of carbonyl (C=O) groups excluding carboxylic acids is 2. The molecule has 9 heteroatoms. The molecule has 2 heterocycles. The van der Waals surface area contributed by atoms with Gasteiger partial charge in [0, 0.05) is 42.9 Å². The van der Waals surface area contributed by atoms with Gasteiger partial charge < -0.3 is 25.0 Å². The summed E-state index contributed by atoms with van der Waals surface area (Å²) in [5, 5.41) is 12.5. The molecule has 0 bridgehead atoms. The summed E-state index contributed by atoms with van der Waals surface area (Å²) < 4.78 is 19.4. The average molecular weight is 497 g/mol. The number of hydrogen-bond acceptors (Lipinski definition) is 5. The Bertz CT molecular complexity index is 1140. The molecule has 192 valence electrons. The summed E-state index contributed by atoms with van der Waals surface area (Å²) >= 11 is 0. The summed E-state index contributed by atoms with van der Waals surface area (Å²) in [4.78, 5) is 33.7. The lowest BCUT2D eigenvalue weighted by molar-refractivity contribution is 0.0356. The molecule has 1 aromatic heterocycles. The van der Waals surface area contributed by atoms with Crippen LogP contribution in [0.15, 0.2) is 36.5 Å². The first-order chi connectivity index (χ1) is 17.1. The fraction of sp³-hybridized carbons (Fsp3) is 0.444. The molecule has 0 fully saturated rings. The van der Waals surface area contributed by atoms with Crippen LogP contribution in [0.1, 0.15) is 43.6 Å². The van der Waals surface area contributed by atoms with E-state index in [-0.39, 0.29) is 54.2 Å². The van der Waals surface area contributed by atoms with E-state index in [1.54, 1.807) is 31.1 Å². The van der Waals surface area contributed by atoms with Crippen molar-refractivity contribution in [2.45, 2.75) is 39.8 Å². The van der Waals surface area contributed by atoms with Crippen molar-refractivity contribution in [2.75, 3.05) is 32.1 Å². The van der Waals surface area contributed by atoms with Gasteiger partial charge in [0.05, 0.1) is 19.2 Å². The number of urea groups is 1. The van der Waals surface area contributed by atoms with Gasteiger partial charge in [0.25, 0.3) is 5.91 Å². The van der Waals surface area contributed by atoms with Crippen LogP contribution in [0, 0.1) is 29.5 Å². The van der Waals surface area contributed by atoms with E-state index >= 15 is 0 Å². The molecular weight excluding hydrogens is 463 g/mol. The second-order valence-electron chi connectivity index (χ2n) is 9.44. The Morgan fingerprint density at radius 2 is 2.03 bits per heavy atom. The number of anilines is 1. The van der Waals surface area contributed by atoms with E-state index in [9.17, 15) is 19.1 Å². The number of fused-ring (bicyclic) bond motifs is 1. The van der Waals surface area contributed by atoms with Crippen LogP contribution in [0.25, 0.3) is 0 Å². The van der Waals surface area contributed by atoms with Gasteiger partial charge in [-0.05, 0) is 37.3 Å². The second-order valence-corrected chi connectivity index (χ2v) is 9.44. The average Bonchev–Trinajstić information content (AvgIpc) is 2.85. The number of rotatable bonds is 5. The highest BCUT2D eigenvalue weighted by Gasteiger charge is 2.34. The van der Waals surface area contributed by atoms with E-state index < -0.39 is 12.1 Å². The summed E-state index contributed by atoms with van der Waals surface area (Å²) in [7, 11) is 1.63. The molecule has 1 aromatic carbocycles. The molecule has 8 nitrogen and oxygen atoms in total. The quantitative estimate of drug-likeness (QED) is 0.617. The molecular formula is C27H33FN4O4. The fourth-order valence-corrected chi connectivity index (χ4v) is 3.72. The summed E-state index contributed by atoms with van der Waals surface area (Å²) in [6.45, 7) is 7.98. The van der Waals surface area contributed by atoms with Gasteiger partial charge in [-0.2, -0.15) is 0 Å². The topological polar surface area (TPSA) is 95.0 Å². The number of pyridine rings is 1. The first-order valence-electron chi connectivity index (χ1n) is 12.0. The highest BCUT2D eigenvalue weighted by molar-refractivity contribution is 5.97. The minimum Gasteiger partial charge on any atom is -0.472 e. The SMILES string of the molecule is CC(C)C#Cc1cnc2c(c1)C(=O)N([C@H](C)CO)C[C@@H](C)[C@@H](CN(C)C(=O)Nc1ccc(F)cc1)O2. The van der Waals surface area contributed by atoms with Crippen molar-refractivity contribution in [3.05, 3.63) is 53.5 Å². The van der Waals surface area contributed by atoms with E-state index in [1.165, 1.54) is 29.2 Å². The number of carbonyl (C=O) groups is 2. The maximum atomic E-state index is 13.4. The molecule has 3 atom stereocenters. The van der Waals surface area contributed by atoms with Crippen LogP contribution >= 0.6 is 0 Å². The summed E-state index contributed by atoms with van der Waals surface area (Å²) in [5.74, 6) is 5.55. The number of nitrogens with one attached hydrogen (secondary N) is 1. The molecule has 0 saturated carbocycles. The molecule has 0 aliphatic carbocycles. The van der Waals surface area contributed by atoms with Gasteiger partial charge in [0.2, 0.25) is 5.88 Å². The van der Waals surface area contributed by atoms with Crippen molar-refractivity contribution in [1.29, 1.82) is 0 Å². The summed E-state index contributed by atoms with van der Waals surface area (Å²) in [6, 6.07) is 6.36. The molecule has 0 radical (unpaired) electrons. The lowest BCUT2D eigenvalue weighted by Crippen LogP contribution is -2.50. The Hall–Kier alpha value is -3.64. The number of aliphatic hydroxyl groups is 1. The molecule has 3 amide bonds. The molecule has 1 aliphatic rings. The van der Waals surface area contributed by atoms with Crippen LogP contribution in [0.4, 0.5) is 14.9 Å². The fourth-order valence-electron chi connectivity index (χ4n) is 3.72. The zero-order valence-corrected chi connectivity index (χ0v) is 21.3. The predicted molar refractivity (Wildman–Crippen MR) is 135 cm³/mol. The molecule has 0 unspecified atom stereocenters. The van der Waals surface area contributed by atoms with Crippen LogP contribution in [0.2, 0.25) is 0 Å². The third-order valence-electron chi connectivity index (χ3n) is 5.92. The number of nitrogens with zero attached hydrogens (tertiary/aromatic N) is 3. The number of likely N-dealkylation sites (N-methyl/N-ethyl adjacent to an activating group) is 1. The van der Waals surface area contributed by atoms with E-state index in [1.807, 2.05) is 20.8 Å². The van der Waals surface area contributed by atoms with E-state index in [2.05, 4.69) is 22.1 Å². The Morgan fingerprint density at radius 3 is 2.67 bits per heavy atom. The lowest BCUT2D eigenvalue weighted by Gasteiger charge is -2.37. The number of ether oxygens (including phenoxy) is 1. The van der Waals surface area contributed by atoms with E-state index in [0.717, 1.165) is 0 Å². The Labute approximate surface area is 211 Å². The number of aromatic nitrogens is 1. The second kappa shape index (κ2) is 11.9. The monoisotopic (exact) mass is 496 g/mol. The van der Waals surface area contributed by atoms with Crippen molar-refractivity contribution in [3.8, 4) is 17.7 Å². The van der Waals surface area contributed by atoms with Crippen LogP contribution in [0.3, 0.4) is 0 Å². The Morgan fingerprint density at radius 1 is 1.33 bits per heavy atom. The normalized spacial score (nSPS) is 18.2. The van der Waals surface area contributed by atoms with Crippen molar-refractivity contribution in [1.82, 2.24) is 14.8 Å². The van der Waals surface area contributed by atoms with E-state index in [4.69, 9.17) is 4.74 Å². The van der Waals surface area contributed by atoms with Gasteiger partial charge >= 0.3 is 6.03 Å². The Balaban J connectivity index is 1.87. The van der Waals surface area contributed by atoms with Gasteiger partial charge in [0.15, 0.2) is 0 Å². The van der Waals surface area contributed by atoms with Gasteiger partial charge in [-0.15, -0.1) is 0 Å². The maximum Gasteiger partial charge on any atom is 0.321 e. The highest BCUT2D eigenvalue weighted by Crippen LogP contribution is 2.27. The van der Waals surface area contributed by atoms with Crippen molar-refractivity contribution < 1.29 is 23.8 Å². The number of halogens is 1. The minimum atomic E-state index is -0.491. The third kappa shape index (κ3) is 6.73. The van der Waals surface area contributed by atoms with Crippen molar-refractivity contribution in [2.24, 2.45) is 11.8 Å². The predicted octanol–water partition coefficient (Wildman–Crippen LogP) is 3.61. The van der Waals surface area contributed by atoms with Crippen LogP contribution < -0.4 is 10.1 Å². The first kappa shape index (κ1) is 27.0. The first-order valence-corrected chi connectivity index (χ1v) is 12.0. The van der Waals surface area contributed by atoms with Crippen LogP contribution in [0.5, 0.6) is 5.88 Å². The van der Waals surface area contributed by atoms with Crippen molar-refractivity contribution in [3.63, 3.8) is 0 Å². The van der Waals surface area contributed by atoms with Gasteiger partial charge in [-0.3, -0.25) is 4.79 Å². The molecule has 0 saturated heterocycles. The molecule has 2 aromatic rings. The van der Waals surface area contributed by atoms with Gasteiger partial charge in [-0.1, -0.05) is 32.6 Å². The maximum absolute atomic E-state index is 13.4. The molecule has 1 aliphatic heterocycles. The molecule has 36 heavy (non-hydrogen) atoms. The number of benzene rings is 1. The number of hydrogen-bond donors (Lipinski definition) is 2. The minimum absolute atomic E-state index is 0.159. The zero-order chi connectivity index (χ0) is 26.4. The Kier molecular flexibility index (Phi) is 8.88. The lowest BCUT2D eigenvalue weighted by atomic mass is 10.00. The summed E-state index contributed by atoms with van der Waals surface area (Å²) in [6.07, 6.45) is 1.07.